The first-order chi connectivity index (χ1) is 14.8. The molecule has 0 unspecified atom stereocenters. The summed E-state index contributed by atoms with van der Waals surface area (Å²) in [6, 6.07) is 8.74. The molecule has 2 aromatic rings. The molecular weight excluding hydrogens is 401 g/mol. The van der Waals surface area contributed by atoms with Crippen LogP contribution in [0, 0.1) is 25.6 Å². The van der Waals surface area contributed by atoms with Crippen molar-refractivity contribution in [2.45, 2.75) is 64.8 Å². The molecule has 6 heteroatoms. The molecule has 1 aliphatic carbocycles. The topological polar surface area (TPSA) is 32.3 Å². The van der Waals surface area contributed by atoms with E-state index < -0.39 is 17.7 Å². The van der Waals surface area contributed by atoms with Gasteiger partial charge in [-0.1, -0.05) is 25.3 Å². The molecule has 1 amide bonds. The molecule has 31 heavy (non-hydrogen) atoms. The van der Waals surface area contributed by atoms with Crippen LogP contribution in [0.5, 0.6) is 0 Å². The summed E-state index contributed by atoms with van der Waals surface area (Å²) in [5.41, 5.74) is 5.07. The smallest absolute Gasteiger partial charge is 0.327 e. The van der Waals surface area contributed by atoms with Gasteiger partial charge >= 0.3 is 5.92 Å². The summed E-state index contributed by atoms with van der Waals surface area (Å²) in [4.78, 5) is 14.7. The van der Waals surface area contributed by atoms with Gasteiger partial charge in [0.2, 0.25) is 0 Å². The number of hydrogen-bond acceptors (Lipinski definition) is 2. The van der Waals surface area contributed by atoms with Crippen molar-refractivity contribution in [2.75, 3.05) is 16.8 Å². The predicted octanol–water partition coefficient (Wildman–Crippen LogP) is 6.16. The van der Waals surface area contributed by atoms with Gasteiger partial charge < -0.3 is 10.2 Å². The van der Waals surface area contributed by atoms with Crippen molar-refractivity contribution in [3.8, 4) is 0 Å². The number of aryl methyl sites for hydroxylation is 2. The predicted molar refractivity (Wildman–Crippen MR) is 117 cm³/mol. The van der Waals surface area contributed by atoms with Crippen LogP contribution >= 0.6 is 0 Å². The zero-order valence-electron chi connectivity index (χ0n) is 18.1. The van der Waals surface area contributed by atoms with Gasteiger partial charge in [-0.15, -0.1) is 0 Å². The van der Waals surface area contributed by atoms with Gasteiger partial charge in [0.1, 0.15) is 5.82 Å². The maximum absolute atomic E-state index is 14.7. The average Bonchev–Trinajstić information content (AvgIpc) is 2.76. The summed E-state index contributed by atoms with van der Waals surface area (Å²) in [7, 11) is 0. The van der Waals surface area contributed by atoms with Gasteiger partial charge in [-0.2, -0.15) is 8.78 Å². The van der Waals surface area contributed by atoms with E-state index in [1.165, 1.54) is 6.07 Å². The van der Waals surface area contributed by atoms with Crippen molar-refractivity contribution in [1.29, 1.82) is 0 Å². The zero-order valence-corrected chi connectivity index (χ0v) is 18.1. The van der Waals surface area contributed by atoms with Crippen LogP contribution in [0.15, 0.2) is 30.3 Å². The van der Waals surface area contributed by atoms with E-state index in [4.69, 9.17) is 0 Å². The second-order valence-electron chi connectivity index (χ2n) is 8.95. The second-order valence-corrected chi connectivity index (χ2v) is 8.95. The standard InChI is InChI=1S/C25H29F3N2O/c1-16-12-22(30-11-10-18-14-21(26)9-8-19(18)15-30)13-17(2)23(16)29-24(31)25(27,28)20-6-4-3-5-7-20/h8-9,12-14,20H,3-7,10-11,15H2,1-2H3,(H,29,31). The van der Waals surface area contributed by atoms with Gasteiger partial charge in [-0.05, 0) is 79.6 Å². The highest BCUT2D eigenvalue weighted by molar-refractivity contribution is 5.97. The number of carbonyl (C=O) groups is 1. The molecule has 166 valence electrons. The lowest BCUT2D eigenvalue weighted by molar-refractivity contribution is -0.150. The van der Waals surface area contributed by atoms with Gasteiger partial charge in [0, 0.05) is 30.4 Å². The Bertz CT molecular complexity index is 960. The number of halogens is 3. The molecule has 0 radical (unpaired) electrons. The number of hydrogen-bond donors (Lipinski definition) is 1. The molecule has 1 N–H and O–H groups in total. The first kappa shape index (κ1) is 21.7. The van der Waals surface area contributed by atoms with E-state index in [2.05, 4.69) is 10.2 Å². The molecule has 0 spiro atoms. The Morgan fingerprint density at radius 3 is 2.39 bits per heavy atom. The molecular formula is C25H29F3N2O. The third-order valence-electron chi connectivity index (χ3n) is 6.72. The lowest BCUT2D eigenvalue weighted by atomic mass is 9.84. The normalized spacial score (nSPS) is 17.4. The molecule has 4 rings (SSSR count). The fraction of sp³-hybridized carbons (Fsp3) is 0.480. The summed E-state index contributed by atoms with van der Waals surface area (Å²) >= 11 is 0. The number of nitrogens with zero attached hydrogens (tertiary/aromatic N) is 1. The molecule has 0 aromatic heterocycles. The zero-order chi connectivity index (χ0) is 22.2. The number of anilines is 2. The van der Waals surface area contributed by atoms with E-state index in [1.807, 2.05) is 32.0 Å². The molecule has 0 bridgehead atoms. The van der Waals surface area contributed by atoms with Crippen LogP contribution < -0.4 is 10.2 Å². The number of rotatable bonds is 4. The summed E-state index contributed by atoms with van der Waals surface area (Å²) in [6.07, 6.45) is 4.02. The van der Waals surface area contributed by atoms with E-state index in [0.29, 0.717) is 25.1 Å². The van der Waals surface area contributed by atoms with Crippen LogP contribution in [-0.2, 0) is 17.8 Å². The molecule has 1 heterocycles. The maximum atomic E-state index is 14.7. The number of benzene rings is 2. The number of fused-ring (bicyclic) bond motifs is 1. The number of carbonyl (C=O) groups excluding carboxylic acids is 1. The molecule has 3 nitrogen and oxygen atoms in total. The molecule has 1 fully saturated rings. The highest BCUT2D eigenvalue weighted by Crippen LogP contribution is 2.38. The largest absolute Gasteiger partial charge is 0.367 e. The van der Waals surface area contributed by atoms with Gasteiger partial charge in [0.25, 0.3) is 5.91 Å². The Morgan fingerprint density at radius 2 is 1.71 bits per heavy atom. The Morgan fingerprint density at radius 1 is 1.03 bits per heavy atom. The Balaban J connectivity index is 1.51. The monoisotopic (exact) mass is 430 g/mol. The van der Waals surface area contributed by atoms with Crippen molar-refractivity contribution >= 4 is 17.3 Å². The van der Waals surface area contributed by atoms with Gasteiger partial charge in [-0.25, -0.2) is 4.39 Å². The van der Waals surface area contributed by atoms with Crippen LogP contribution in [0.2, 0.25) is 0 Å². The molecule has 1 saturated carbocycles. The van der Waals surface area contributed by atoms with Gasteiger partial charge in [0.15, 0.2) is 0 Å². The summed E-state index contributed by atoms with van der Waals surface area (Å²) in [5, 5.41) is 2.52. The summed E-state index contributed by atoms with van der Waals surface area (Å²) in [5.74, 6) is -5.65. The lowest BCUT2D eigenvalue weighted by Gasteiger charge is -2.32. The van der Waals surface area contributed by atoms with E-state index >= 15 is 0 Å². The maximum Gasteiger partial charge on any atom is 0.327 e. The molecule has 0 atom stereocenters. The van der Waals surface area contributed by atoms with Crippen molar-refractivity contribution in [2.24, 2.45) is 5.92 Å². The molecule has 1 aliphatic heterocycles. The van der Waals surface area contributed by atoms with E-state index in [0.717, 1.165) is 60.2 Å². The summed E-state index contributed by atoms with van der Waals surface area (Å²) < 4.78 is 43.0. The van der Waals surface area contributed by atoms with Crippen LogP contribution in [-0.4, -0.2) is 18.4 Å². The fourth-order valence-electron chi connectivity index (χ4n) is 4.91. The fourth-order valence-corrected chi connectivity index (χ4v) is 4.91. The van der Waals surface area contributed by atoms with Crippen molar-refractivity contribution in [1.82, 2.24) is 0 Å². The second kappa shape index (κ2) is 8.56. The quantitative estimate of drug-likeness (QED) is 0.630. The Labute approximate surface area is 181 Å². The third-order valence-corrected chi connectivity index (χ3v) is 6.72. The lowest BCUT2D eigenvalue weighted by Crippen LogP contribution is -2.42. The molecule has 0 saturated heterocycles. The average molecular weight is 431 g/mol. The number of nitrogens with one attached hydrogen (secondary N) is 1. The highest BCUT2D eigenvalue weighted by Gasteiger charge is 2.47. The first-order valence-corrected chi connectivity index (χ1v) is 11.1. The van der Waals surface area contributed by atoms with Crippen LogP contribution in [0.1, 0.15) is 54.4 Å². The van der Waals surface area contributed by atoms with Gasteiger partial charge in [-0.3, -0.25) is 4.79 Å². The minimum Gasteiger partial charge on any atom is -0.367 e. The van der Waals surface area contributed by atoms with Crippen LogP contribution in [0.4, 0.5) is 24.5 Å². The summed E-state index contributed by atoms with van der Waals surface area (Å²) in [6.45, 7) is 5.08. The van der Waals surface area contributed by atoms with Crippen LogP contribution in [0.25, 0.3) is 0 Å². The Kier molecular flexibility index (Phi) is 6.00. The number of amides is 1. The van der Waals surface area contributed by atoms with Crippen molar-refractivity contribution < 1.29 is 18.0 Å². The minimum atomic E-state index is -3.36. The van der Waals surface area contributed by atoms with Crippen molar-refractivity contribution in [3.63, 3.8) is 0 Å². The molecule has 2 aliphatic rings. The minimum absolute atomic E-state index is 0.219. The van der Waals surface area contributed by atoms with Crippen LogP contribution in [0.3, 0.4) is 0 Å². The third kappa shape index (κ3) is 4.43. The van der Waals surface area contributed by atoms with Gasteiger partial charge in [0.05, 0.1) is 0 Å². The Hall–Kier alpha value is -2.50. The SMILES string of the molecule is Cc1cc(N2CCc3cc(F)ccc3C2)cc(C)c1NC(=O)C(F)(F)C1CCCCC1. The van der Waals surface area contributed by atoms with E-state index in [1.54, 1.807) is 6.07 Å². The number of alkyl halides is 2. The van der Waals surface area contributed by atoms with E-state index in [-0.39, 0.29) is 5.82 Å². The van der Waals surface area contributed by atoms with E-state index in [9.17, 15) is 18.0 Å². The van der Waals surface area contributed by atoms with Crippen molar-refractivity contribution in [3.05, 3.63) is 58.4 Å². The first-order valence-electron chi connectivity index (χ1n) is 11.1. The molecule has 2 aromatic carbocycles. The highest BCUT2D eigenvalue weighted by atomic mass is 19.3.